The van der Waals surface area contributed by atoms with Crippen LogP contribution in [0.2, 0.25) is 0 Å². The summed E-state index contributed by atoms with van der Waals surface area (Å²) in [4.78, 5) is 4.10. The van der Waals surface area contributed by atoms with E-state index in [4.69, 9.17) is 10.5 Å². The Morgan fingerprint density at radius 3 is 2.47 bits per heavy atom. The molecule has 1 aromatic carbocycles. The number of aromatic nitrogens is 3. The maximum atomic E-state index is 5.56. The van der Waals surface area contributed by atoms with Crippen molar-refractivity contribution in [3.05, 3.63) is 30.5 Å². The van der Waals surface area contributed by atoms with Crippen LogP contribution in [0.3, 0.4) is 0 Å². The fourth-order valence-electron chi connectivity index (χ4n) is 1.43. The van der Waals surface area contributed by atoms with Crippen LogP contribution in [0, 0.1) is 0 Å². The Labute approximate surface area is 99.7 Å². The summed E-state index contributed by atoms with van der Waals surface area (Å²) in [5, 5.41) is 7.38. The molecular weight excluding hydrogens is 216 g/mol. The second-order valence-electron chi connectivity index (χ2n) is 3.89. The highest BCUT2D eigenvalue weighted by Gasteiger charge is 2.02. The number of ether oxygens (including phenoxy) is 1. The molecule has 0 bridgehead atoms. The van der Waals surface area contributed by atoms with Gasteiger partial charge >= 0.3 is 0 Å². The highest BCUT2D eigenvalue weighted by Crippen LogP contribution is 2.20. The first kappa shape index (κ1) is 11.3. The second-order valence-corrected chi connectivity index (χ2v) is 3.89. The van der Waals surface area contributed by atoms with Gasteiger partial charge in [-0.05, 0) is 38.1 Å². The largest absolute Gasteiger partial charge is 0.491 e. The van der Waals surface area contributed by atoms with Crippen LogP contribution in [-0.2, 0) is 0 Å². The lowest BCUT2D eigenvalue weighted by atomic mass is 10.1. The number of nitrogens with two attached hydrogens (primary N) is 1. The molecule has 1 aromatic heterocycles. The van der Waals surface area contributed by atoms with Crippen LogP contribution >= 0.6 is 0 Å². The molecule has 0 saturated carbocycles. The summed E-state index contributed by atoms with van der Waals surface area (Å²) in [6.45, 7) is 3.98. The average molecular weight is 230 g/mol. The molecular formula is C12H14N4O. The first-order valence-electron chi connectivity index (χ1n) is 5.37. The molecule has 2 rings (SSSR count). The predicted molar refractivity (Wildman–Crippen MR) is 65.4 cm³/mol. The molecule has 0 aliphatic rings. The first-order chi connectivity index (χ1) is 8.15. The minimum atomic E-state index is 0.164. The van der Waals surface area contributed by atoms with E-state index in [1.807, 2.05) is 38.1 Å². The van der Waals surface area contributed by atoms with Crippen LogP contribution in [0.4, 0.5) is 5.95 Å². The monoisotopic (exact) mass is 230 g/mol. The van der Waals surface area contributed by atoms with Crippen LogP contribution < -0.4 is 10.5 Å². The van der Waals surface area contributed by atoms with Gasteiger partial charge in [-0.15, -0.1) is 5.10 Å². The molecule has 5 nitrogen and oxygen atoms in total. The van der Waals surface area contributed by atoms with Crippen LogP contribution in [-0.4, -0.2) is 21.3 Å². The summed E-state index contributed by atoms with van der Waals surface area (Å²) in [6.07, 6.45) is 1.74. The molecule has 0 spiro atoms. The van der Waals surface area contributed by atoms with Crippen molar-refractivity contribution in [2.24, 2.45) is 0 Å². The van der Waals surface area contributed by atoms with Crippen molar-refractivity contribution in [1.29, 1.82) is 0 Å². The first-order valence-corrected chi connectivity index (χ1v) is 5.37. The van der Waals surface area contributed by atoms with Crippen molar-refractivity contribution < 1.29 is 4.74 Å². The molecule has 88 valence electrons. The molecule has 0 radical (unpaired) electrons. The smallest absolute Gasteiger partial charge is 0.240 e. The molecule has 0 aliphatic heterocycles. The van der Waals surface area contributed by atoms with E-state index in [9.17, 15) is 0 Å². The number of hydrogen-bond acceptors (Lipinski definition) is 5. The van der Waals surface area contributed by atoms with Gasteiger partial charge in [-0.1, -0.05) is 0 Å². The van der Waals surface area contributed by atoms with Gasteiger partial charge in [0.15, 0.2) is 0 Å². The number of nitrogen functional groups attached to an aromatic ring is 1. The zero-order chi connectivity index (χ0) is 12.3. The number of nitrogens with zero attached hydrogens (tertiary/aromatic N) is 3. The minimum Gasteiger partial charge on any atom is -0.491 e. The molecule has 0 atom stereocenters. The highest BCUT2D eigenvalue weighted by atomic mass is 16.5. The molecule has 2 aromatic rings. The van der Waals surface area contributed by atoms with Crippen molar-refractivity contribution in [3.8, 4) is 17.0 Å². The van der Waals surface area contributed by atoms with Gasteiger partial charge in [-0.25, -0.2) is 4.98 Å². The number of anilines is 1. The summed E-state index contributed by atoms with van der Waals surface area (Å²) in [7, 11) is 0. The van der Waals surface area contributed by atoms with Gasteiger partial charge < -0.3 is 10.5 Å². The Kier molecular flexibility index (Phi) is 3.18. The molecule has 0 fully saturated rings. The van der Waals surface area contributed by atoms with E-state index in [1.54, 1.807) is 6.20 Å². The number of hydrogen-bond donors (Lipinski definition) is 1. The minimum absolute atomic E-state index is 0.164. The third-order valence-corrected chi connectivity index (χ3v) is 2.10. The van der Waals surface area contributed by atoms with Gasteiger partial charge in [0.25, 0.3) is 0 Å². The van der Waals surface area contributed by atoms with E-state index < -0.39 is 0 Å². The topological polar surface area (TPSA) is 73.9 Å². The van der Waals surface area contributed by atoms with Crippen LogP contribution in [0.1, 0.15) is 13.8 Å². The van der Waals surface area contributed by atoms with E-state index >= 15 is 0 Å². The second kappa shape index (κ2) is 4.78. The van der Waals surface area contributed by atoms with Gasteiger partial charge in [-0.3, -0.25) is 0 Å². The molecule has 5 heteroatoms. The Hall–Kier alpha value is -2.17. The summed E-state index contributed by atoms with van der Waals surface area (Å²) in [5.41, 5.74) is 7.12. The molecule has 17 heavy (non-hydrogen) atoms. The number of benzene rings is 1. The van der Waals surface area contributed by atoms with Crippen molar-refractivity contribution in [1.82, 2.24) is 15.2 Å². The molecule has 0 aliphatic carbocycles. The van der Waals surface area contributed by atoms with E-state index in [2.05, 4.69) is 15.2 Å². The van der Waals surface area contributed by atoms with E-state index in [0.717, 1.165) is 11.3 Å². The van der Waals surface area contributed by atoms with Gasteiger partial charge in [0.1, 0.15) is 5.75 Å². The molecule has 2 N–H and O–H groups in total. The third-order valence-electron chi connectivity index (χ3n) is 2.10. The standard InChI is InChI=1S/C12H14N4O/c1-8(2)17-10-5-3-9(4-6-10)11-7-14-16-12(13)15-11/h3-8H,1-2H3,(H2,13,15,16). The Bertz CT molecular complexity index is 496. The zero-order valence-electron chi connectivity index (χ0n) is 9.79. The van der Waals surface area contributed by atoms with Gasteiger partial charge in [0.05, 0.1) is 18.0 Å². The van der Waals surface area contributed by atoms with Crippen molar-refractivity contribution in [2.75, 3.05) is 5.73 Å². The fraction of sp³-hybridized carbons (Fsp3) is 0.250. The van der Waals surface area contributed by atoms with Crippen molar-refractivity contribution >= 4 is 5.95 Å². The summed E-state index contributed by atoms with van der Waals surface area (Å²) in [5.74, 6) is 1.00. The molecule has 0 amide bonds. The van der Waals surface area contributed by atoms with Crippen molar-refractivity contribution in [3.63, 3.8) is 0 Å². The van der Waals surface area contributed by atoms with Crippen LogP contribution in [0.5, 0.6) is 5.75 Å². The summed E-state index contributed by atoms with van der Waals surface area (Å²) in [6, 6.07) is 7.63. The van der Waals surface area contributed by atoms with Crippen LogP contribution in [0.15, 0.2) is 30.5 Å². The SMILES string of the molecule is CC(C)Oc1ccc(-c2cnnc(N)n2)cc1. The molecule has 0 unspecified atom stereocenters. The summed E-state index contributed by atoms with van der Waals surface area (Å²) >= 11 is 0. The third kappa shape index (κ3) is 2.90. The van der Waals surface area contributed by atoms with Gasteiger partial charge in [0, 0.05) is 5.56 Å². The van der Waals surface area contributed by atoms with E-state index in [0.29, 0.717) is 5.69 Å². The number of rotatable bonds is 3. The molecule has 1 heterocycles. The Balaban J connectivity index is 2.23. The highest BCUT2D eigenvalue weighted by molar-refractivity contribution is 5.59. The Morgan fingerprint density at radius 2 is 1.88 bits per heavy atom. The lowest BCUT2D eigenvalue weighted by Gasteiger charge is -2.09. The fourth-order valence-corrected chi connectivity index (χ4v) is 1.43. The molecule has 0 saturated heterocycles. The predicted octanol–water partition coefficient (Wildman–Crippen LogP) is 1.91. The van der Waals surface area contributed by atoms with E-state index in [-0.39, 0.29) is 12.1 Å². The van der Waals surface area contributed by atoms with Gasteiger partial charge in [-0.2, -0.15) is 5.10 Å². The summed E-state index contributed by atoms with van der Waals surface area (Å²) < 4.78 is 5.56. The van der Waals surface area contributed by atoms with E-state index in [1.165, 1.54) is 0 Å². The normalized spacial score (nSPS) is 10.5. The average Bonchev–Trinajstić information content (AvgIpc) is 2.29. The van der Waals surface area contributed by atoms with Crippen LogP contribution in [0.25, 0.3) is 11.3 Å². The lowest BCUT2D eigenvalue weighted by molar-refractivity contribution is 0.242. The quantitative estimate of drug-likeness (QED) is 0.871. The maximum Gasteiger partial charge on any atom is 0.240 e. The van der Waals surface area contributed by atoms with Gasteiger partial charge in [0.2, 0.25) is 5.95 Å². The lowest BCUT2D eigenvalue weighted by Crippen LogP contribution is -2.05. The van der Waals surface area contributed by atoms with Crippen molar-refractivity contribution in [2.45, 2.75) is 20.0 Å². The Morgan fingerprint density at radius 1 is 1.18 bits per heavy atom. The maximum absolute atomic E-state index is 5.56. The zero-order valence-corrected chi connectivity index (χ0v) is 9.79.